The third kappa shape index (κ3) is 2.48. The minimum Gasteiger partial charge on any atom is -0.392 e. The summed E-state index contributed by atoms with van der Waals surface area (Å²) in [5.74, 6) is 0.00565. The van der Waals surface area contributed by atoms with Crippen molar-refractivity contribution < 1.29 is 14.6 Å². The van der Waals surface area contributed by atoms with Crippen LogP contribution in [0.25, 0.3) is 0 Å². The van der Waals surface area contributed by atoms with Crippen LogP contribution in [-0.4, -0.2) is 49.0 Å². The molecule has 2 atom stereocenters. The molecule has 1 aliphatic heterocycles. The lowest BCUT2D eigenvalue weighted by Crippen LogP contribution is -2.52. The van der Waals surface area contributed by atoms with Gasteiger partial charge in [-0.1, -0.05) is 0 Å². The summed E-state index contributed by atoms with van der Waals surface area (Å²) in [5.41, 5.74) is 0. The lowest BCUT2D eigenvalue weighted by Gasteiger charge is -2.35. The van der Waals surface area contributed by atoms with Crippen LogP contribution in [0.5, 0.6) is 0 Å². The van der Waals surface area contributed by atoms with E-state index in [0.29, 0.717) is 19.1 Å². The lowest BCUT2D eigenvalue weighted by molar-refractivity contribution is -0.125. The number of nitrogens with one attached hydrogen (secondary N) is 2. The Hall–Kier alpha value is -0.650. The highest BCUT2D eigenvalue weighted by atomic mass is 16.5. The monoisotopic (exact) mass is 214 g/mol. The van der Waals surface area contributed by atoms with Gasteiger partial charge < -0.3 is 20.5 Å². The molecule has 2 fully saturated rings. The van der Waals surface area contributed by atoms with E-state index in [4.69, 9.17) is 4.74 Å². The van der Waals surface area contributed by atoms with Crippen molar-refractivity contribution in [2.45, 2.75) is 43.6 Å². The molecule has 5 nitrogen and oxygen atoms in total. The normalized spacial score (nSPS) is 39.9. The van der Waals surface area contributed by atoms with Crippen LogP contribution in [0.1, 0.15) is 19.3 Å². The van der Waals surface area contributed by atoms with E-state index in [2.05, 4.69) is 10.6 Å². The summed E-state index contributed by atoms with van der Waals surface area (Å²) in [6.07, 6.45) is 2.24. The Morgan fingerprint density at radius 2 is 2.20 bits per heavy atom. The fraction of sp³-hybridized carbons (Fsp3) is 0.900. The number of hydrogen-bond donors (Lipinski definition) is 3. The van der Waals surface area contributed by atoms with Crippen LogP contribution in [0, 0.1) is 0 Å². The molecule has 1 heterocycles. The highest BCUT2D eigenvalue weighted by Crippen LogP contribution is 2.22. The molecule has 15 heavy (non-hydrogen) atoms. The van der Waals surface area contributed by atoms with Crippen LogP contribution in [0.15, 0.2) is 0 Å². The average molecular weight is 214 g/mol. The Morgan fingerprint density at radius 3 is 2.73 bits per heavy atom. The van der Waals surface area contributed by atoms with E-state index in [1.165, 1.54) is 0 Å². The van der Waals surface area contributed by atoms with Gasteiger partial charge in [-0.15, -0.1) is 0 Å². The third-order valence-electron chi connectivity index (χ3n) is 3.20. The average Bonchev–Trinajstić information content (AvgIpc) is 2.57. The van der Waals surface area contributed by atoms with Crippen molar-refractivity contribution in [1.82, 2.24) is 10.6 Å². The predicted molar refractivity (Wildman–Crippen MR) is 54.4 cm³/mol. The van der Waals surface area contributed by atoms with Crippen molar-refractivity contribution >= 4 is 5.91 Å². The summed E-state index contributed by atoms with van der Waals surface area (Å²) in [6, 6.07) is 0.0311. The summed E-state index contributed by atoms with van der Waals surface area (Å²) >= 11 is 0. The molecule has 86 valence electrons. The number of aliphatic hydroxyl groups is 1. The molecule has 1 saturated heterocycles. The van der Waals surface area contributed by atoms with Crippen LogP contribution < -0.4 is 10.6 Å². The number of ether oxygens (including phenoxy) is 1. The zero-order valence-corrected chi connectivity index (χ0v) is 8.90. The molecule has 1 aliphatic carbocycles. The third-order valence-corrected chi connectivity index (χ3v) is 3.20. The van der Waals surface area contributed by atoms with Crippen LogP contribution in [0.2, 0.25) is 0 Å². The van der Waals surface area contributed by atoms with Gasteiger partial charge in [-0.3, -0.25) is 4.79 Å². The Kier molecular flexibility index (Phi) is 3.23. The van der Waals surface area contributed by atoms with Crippen molar-refractivity contribution in [2.75, 3.05) is 13.7 Å². The number of carbonyl (C=O) groups excluding carboxylic acids is 1. The van der Waals surface area contributed by atoms with Gasteiger partial charge in [0.25, 0.3) is 0 Å². The smallest absolute Gasteiger partial charge is 0.237 e. The van der Waals surface area contributed by atoms with Gasteiger partial charge in [0.05, 0.1) is 18.2 Å². The second kappa shape index (κ2) is 4.47. The van der Waals surface area contributed by atoms with Gasteiger partial charge in [0.2, 0.25) is 5.91 Å². The Balaban J connectivity index is 1.69. The topological polar surface area (TPSA) is 70.6 Å². The summed E-state index contributed by atoms with van der Waals surface area (Å²) in [6.45, 7) is 0.517. The highest BCUT2D eigenvalue weighted by Gasteiger charge is 2.34. The van der Waals surface area contributed by atoms with Gasteiger partial charge in [0, 0.05) is 19.7 Å². The van der Waals surface area contributed by atoms with Gasteiger partial charge in [0.1, 0.15) is 0 Å². The van der Waals surface area contributed by atoms with Crippen molar-refractivity contribution in [3.63, 3.8) is 0 Å². The van der Waals surface area contributed by atoms with E-state index < -0.39 is 0 Å². The van der Waals surface area contributed by atoms with Crippen molar-refractivity contribution in [1.29, 1.82) is 0 Å². The van der Waals surface area contributed by atoms with E-state index in [0.717, 1.165) is 12.8 Å². The first-order valence-corrected chi connectivity index (χ1v) is 5.43. The maximum atomic E-state index is 11.7. The van der Waals surface area contributed by atoms with Gasteiger partial charge in [-0.2, -0.15) is 0 Å². The minimum absolute atomic E-state index is 0.00565. The first-order chi connectivity index (χ1) is 7.19. The second-order valence-electron chi connectivity index (χ2n) is 4.38. The molecule has 0 aromatic rings. The Morgan fingerprint density at radius 1 is 1.47 bits per heavy atom. The quantitative estimate of drug-likeness (QED) is 0.564. The molecular weight excluding hydrogens is 196 g/mol. The summed E-state index contributed by atoms with van der Waals surface area (Å²) < 4.78 is 5.13. The molecule has 0 bridgehead atoms. The summed E-state index contributed by atoms with van der Waals surface area (Å²) in [7, 11) is 1.69. The summed E-state index contributed by atoms with van der Waals surface area (Å²) in [5, 5.41) is 15.2. The predicted octanol–water partition coefficient (Wildman–Crippen LogP) is -0.997. The Bertz CT molecular complexity index is 241. The van der Waals surface area contributed by atoms with E-state index >= 15 is 0 Å². The van der Waals surface area contributed by atoms with Crippen molar-refractivity contribution in [3.8, 4) is 0 Å². The standard InChI is InChI=1S/C10H18N2O3/c1-15-8-2-6(3-8)12-10(14)9-4-7(13)5-11-9/h6-9,11,13H,2-5H2,1H3,(H,12,14). The molecule has 3 N–H and O–H groups in total. The fourth-order valence-electron chi connectivity index (χ4n) is 2.09. The molecule has 2 unspecified atom stereocenters. The number of β-amino-alcohol motifs (C(OH)–C–C–N with tert-alkyl or cyclic N) is 1. The van der Waals surface area contributed by atoms with E-state index in [-0.39, 0.29) is 24.1 Å². The molecule has 0 aromatic carbocycles. The maximum absolute atomic E-state index is 11.7. The van der Waals surface area contributed by atoms with Crippen LogP contribution in [0.3, 0.4) is 0 Å². The van der Waals surface area contributed by atoms with Gasteiger partial charge >= 0.3 is 0 Å². The van der Waals surface area contributed by atoms with Crippen LogP contribution in [0.4, 0.5) is 0 Å². The van der Waals surface area contributed by atoms with E-state index in [1.807, 2.05) is 0 Å². The highest BCUT2D eigenvalue weighted by molar-refractivity contribution is 5.82. The largest absolute Gasteiger partial charge is 0.392 e. The second-order valence-corrected chi connectivity index (χ2v) is 4.38. The number of rotatable bonds is 3. The first kappa shape index (κ1) is 10.9. The Labute approximate surface area is 89.2 Å². The lowest BCUT2D eigenvalue weighted by atomic mass is 9.89. The van der Waals surface area contributed by atoms with Crippen molar-refractivity contribution in [3.05, 3.63) is 0 Å². The molecule has 1 saturated carbocycles. The number of hydrogen-bond acceptors (Lipinski definition) is 4. The number of aliphatic hydroxyl groups excluding tert-OH is 1. The fourth-order valence-corrected chi connectivity index (χ4v) is 2.09. The molecule has 2 rings (SSSR count). The van der Waals surface area contributed by atoms with Gasteiger partial charge in [-0.25, -0.2) is 0 Å². The number of amides is 1. The molecule has 5 heteroatoms. The SMILES string of the molecule is COC1CC(NC(=O)C2CC(O)CN2)C1. The molecule has 0 spiro atoms. The molecule has 2 aliphatic rings. The van der Waals surface area contributed by atoms with Crippen LogP contribution >= 0.6 is 0 Å². The number of carbonyl (C=O) groups is 1. The number of methoxy groups -OCH3 is 1. The molecular formula is C10H18N2O3. The maximum Gasteiger partial charge on any atom is 0.237 e. The van der Waals surface area contributed by atoms with Gasteiger partial charge in [-0.05, 0) is 19.3 Å². The molecule has 0 radical (unpaired) electrons. The van der Waals surface area contributed by atoms with E-state index in [9.17, 15) is 9.90 Å². The zero-order chi connectivity index (χ0) is 10.8. The minimum atomic E-state index is -0.381. The molecule has 0 aromatic heterocycles. The first-order valence-electron chi connectivity index (χ1n) is 5.43. The van der Waals surface area contributed by atoms with Crippen molar-refractivity contribution in [2.24, 2.45) is 0 Å². The molecule has 1 amide bonds. The zero-order valence-electron chi connectivity index (χ0n) is 8.90. The van der Waals surface area contributed by atoms with Crippen LogP contribution in [-0.2, 0) is 9.53 Å². The van der Waals surface area contributed by atoms with Gasteiger partial charge in [0.15, 0.2) is 0 Å². The van der Waals surface area contributed by atoms with E-state index in [1.54, 1.807) is 7.11 Å². The summed E-state index contributed by atoms with van der Waals surface area (Å²) in [4.78, 5) is 11.7.